The summed E-state index contributed by atoms with van der Waals surface area (Å²) in [4.78, 5) is 17.6. The predicted octanol–water partition coefficient (Wildman–Crippen LogP) is 3.89. The van der Waals surface area contributed by atoms with Crippen molar-refractivity contribution in [1.82, 2.24) is 15.2 Å². The van der Waals surface area contributed by atoms with Crippen LogP contribution >= 0.6 is 0 Å². The first-order valence-corrected chi connectivity index (χ1v) is 9.40. The number of halogens is 3. The van der Waals surface area contributed by atoms with Crippen molar-refractivity contribution in [3.05, 3.63) is 42.2 Å². The van der Waals surface area contributed by atoms with Gasteiger partial charge in [0.25, 0.3) is 0 Å². The molecule has 2 aromatic heterocycles. The van der Waals surface area contributed by atoms with Gasteiger partial charge in [0, 0.05) is 18.9 Å². The molecule has 2 aromatic rings. The summed E-state index contributed by atoms with van der Waals surface area (Å²) in [7, 11) is 0. The highest BCUT2D eigenvalue weighted by molar-refractivity contribution is 5.89. The second-order valence-corrected chi connectivity index (χ2v) is 7.47. The number of pyridine rings is 1. The summed E-state index contributed by atoms with van der Waals surface area (Å²) in [6, 6.07) is 5.80. The number of amides is 1. The molecule has 1 spiro atoms. The van der Waals surface area contributed by atoms with Crippen molar-refractivity contribution in [3.63, 3.8) is 0 Å². The Bertz CT molecular complexity index is 852. The first-order chi connectivity index (χ1) is 13.8. The van der Waals surface area contributed by atoms with Crippen molar-refractivity contribution in [2.24, 2.45) is 5.92 Å². The fraction of sp³-hybridized carbons (Fsp3) is 0.474. The van der Waals surface area contributed by atoms with Gasteiger partial charge in [0.2, 0.25) is 0 Å². The molecule has 0 atom stereocenters. The third-order valence-corrected chi connectivity index (χ3v) is 5.48. The quantitative estimate of drug-likeness (QED) is 0.828. The Morgan fingerprint density at radius 2 is 2.03 bits per heavy atom. The van der Waals surface area contributed by atoms with E-state index in [4.69, 9.17) is 4.74 Å². The van der Waals surface area contributed by atoms with Crippen LogP contribution in [0.5, 0.6) is 0 Å². The normalized spacial score (nSPS) is 24.6. The van der Waals surface area contributed by atoms with Crippen LogP contribution in [-0.4, -0.2) is 40.0 Å². The lowest BCUT2D eigenvalue weighted by Crippen LogP contribution is -2.39. The molecule has 2 aliphatic rings. The summed E-state index contributed by atoms with van der Waals surface area (Å²) in [6.07, 6.45) is 0.716. The van der Waals surface area contributed by atoms with Gasteiger partial charge in [-0.3, -0.25) is 4.90 Å². The third kappa shape index (κ3) is 4.25. The molecule has 0 bridgehead atoms. The molecule has 10 heteroatoms. The first-order valence-electron chi connectivity index (χ1n) is 9.40. The SMILES string of the molecule is O=C1O[C@]2(CC[C@H](CNc3ccc(C(F)(F)F)cn3)CC2)CN1c1cccnn1. The largest absolute Gasteiger partial charge is 0.441 e. The number of nitrogens with zero attached hydrogens (tertiary/aromatic N) is 4. The van der Waals surface area contributed by atoms with Crippen molar-refractivity contribution >= 4 is 17.7 Å². The minimum absolute atomic E-state index is 0.328. The van der Waals surface area contributed by atoms with Crippen molar-refractivity contribution < 1.29 is 22.7 Å². The first kappa shape index (κ1) is 19.4. The van der Waals surface area contributed by atoms with Crippen LogP contribution in [0.3, 0.4) is 0 Å². The van der Waals surface area contributed by atoms with E-state index < -0.39 is 23.4 Å². The summed E-state index contributed by atoms with van der Waals surface area (Å²) in [5.74, 6) is 1.22. The highest BCUT2D eigenvalue weighted by Crippen LogP contribution is 2.40. The lowest BCUT2D eigenvalue weighted by atomic mass is 9.78. The number of hydrogen-bond donors (Lipinski definition) is 1. The van der Waals surface area contributed by atoms with Crippen LogP contribution in [0.2, 0.25) is 0 Å². The molecule has 3 heterocycles. The summed E-state index contributed by atoms with van der Waals surface area (Å²) in [5.41, 5.74) is -1.28. The number of aromatic nitrogens is 3. The number of ether oxygens (including phenoxy) is 1. The standard InChI is InChI=1S/C19H20F3N5O2/c20-19(21,22)14-3-4-15(24-11-14)23-10-13-5-7-18(8-6-13)12-27(17(28)29-18)16-2-1-9-25-26-16/h1-4,9,11,13H,5-8,10,12H2,(H,23,24)/t13-,18-. The minimum atomic E-state index is -4.39. The van der Waals surface area contributed by atoms with Crippen LogP contribution in [0.15, 0.2) is 36.7 Å². The maximum Gasteiger partial charge on any atom is 0.417 e. The summed E-state index contributed by atoms with van der Waals surface area (Å²) in [6.45, 7) is 1.06. The Morgan fingerprint density at radius 3 is 2.66 bits per heavy atom. The van der Waals surface area contributed by atoms with Crippen LogP contribution in [0.1, 0.15) is 31.2 Å². The van der Waals surface area contributed by atoms with E-state index in [0.717, 1.165) is 37.9 Å². The van der Waals surface area contributed by atoms with Crippen molar-refractivity contribution in [3.8, 4) is 0 Å². The topological polar surface area (TPSA) is 80.2 Å². The van der Waals surface area contributed by atoms with Gasteiger partial charge in [-0.05, 0) is 55.9 Å². The Morgan fingerprint density at radius 1 is 1.24 bits per heavy atom. The second kappa shape index (κ2) is 7.49. The molecular weight excluding hydrogens is 387 g/mol. The van der Waals surface area contributed by atoms with E-state index in [1.807, 2.05) is 0 Å². The van der Waals surface area contributed by atoms with E-state index in [1.165, 1.54) is 11.0 Å². The van der Waals surface area contributed by atoms with Gasteiger partial charge in [-0.15, -0.1) is 5.10 Å². The number of carbonyl (C=O) groups is 1. The third-order valence-electron chi connectivity index (χ3n) is 5.48. The molecule has 2 fully saturated rings. The molecule has 1 amide bonds. The maximum absolute atomic E-state index is 12.6. The lowest BCUT2D eigenvalue weighted by molar-refractivity contribution is -0.137. The summed E-state index contributed by atoms with van der Waals surface area (Å²) < 4.78 is 43.5. The molecule has 29 heavy (non-hydrogen) atoms. The Kier molecular flexibility index (Phi) is 5.01. The number of hydrogen-bond acceptors (Lipinski definition) is 6. The summed E-state index contributed by atoms with van der Waals surface area (Å²) in [5, 5.41) is 10.9. The van der Waals surface area contributed by atoms with E-state index in [9.17, 15) is 18.0 Å². The van der Waals surface area contributed by atoms with E-state index >= 15 is 0 Å². The molecule has 1 aliphatic heterocycles. The lowest BCUT2D eigenvalue weighted by Gasteiger charge is -2.35. The van der Waals surface area contributed by atoms with Gasteiger partial charge in [0.15, 0.2) is 5.82 Å². The monoisotopic (exact) mass is 407 g/mol. The number of anilines is 2. The number of rotatable bonds is 4. The molecule has 0 aromatic carbocycles. The molecule has 154 valence electrons. The molecular formula is C19H20F3N5O2. The van der Waals surface area contributed by atoms with E-state index in [-0.39, 0.29) is 0 Å². The van der Waals surface area contributed by atoms with E-state index in [0.29, 0.717) is 30.6 Å². The zero-order valence-electron chi connectivity index (χ0n) is 15.5. The minimum Gasteiger partial charge on any atom is -0.441 e. The van der Waals surface area contributed by atoms with Gasteiger partial charge in [0.1, 0.15) is 11.4 Å². The van der Waals surface area contributed by atoms with Crippen molar-refractivity contribution in [1.29, 1.82) is 0 Å². The average molecular weight is 407 g/mol. The Labute approximate surface area is 165 Å². The zero-order chi connectivity index (χ0) is 20.5. The van der Waals surface area contributed by atoms with Crippen LogP contribution in [0, 0.1) is 5.92 Å². The second-order valence-electron chi connectivity index (χ2n) is 7.47. The molecule has 0 radical (unpaired) electrons. The molecule has 7 nitrogen and oxygen atoms in total. The zero-order valence-corrected chi connectivity index (χ0v) is 15.5. The van der Waals surface area contributed by atoms with Gasteiger partial charge in [-0.25, -0.2) is 9.78 Å². The fourth-order valence-corrected chi connectivity index (χ4v) is 3.82. The van der Waals surface area contributed by atoms with Gasteiger partial charge in [0.05, 0.1) is 12.1 Å². The van der Waals surface area contributed by atoms with Crippen molar-refractivity contribution in [2.75, 3.05) is 23.3 Å². The summed E-state index contributed by atoms with van der Waals surface area (Å²) >= 11 is 0. The Balaban J connectivity index is 1.29. The van der Waals surface area contributed by atoms with Crippen LogP contribution in [0.4, 0.5) is 29.6 Å². The van der Waals surface area contributed by atoms with Gasteiger partial charge in [-0.2, -0.15) is 18.3 Å². The number of alkyl halides is 3. The molecule has 4 rings (SSSR count). The highest BCUT2D eigenvalue weighted by atomic mass is 19.4. The molecule has 1 aliphatic carbocycles. The smallest absolute Gasteiger partial charge is 0.417 e. The van der Waals surface area contributed by atoms with Crippen LogP contribution in [-0.2, 0) is 10.9 Å². The van der Waals surface area contributed by atoms with Gasteiger partial charge in [-0.1, -0.05) is 0 Å². The van der Waals surface area contributed by atoms with E-state index in [2.05, 4.69) is 20.5 Å². The molecule has 1 saturated heterocycles. The predicted molar refractivity (Wildman–Crippen MR) is 98.3 cm³/mol. The van der Waals surface area contributed by atoms with Crippen molar-refractivity contribution in [2.45, 2.75) is 37.5 Å². The van der Waals surface area contributed by atoms with Gasteiger partial charge < -0.3 is 10.1 Å². The fourth-order valence-electron chi connectivity index (χ4n) is 3.82. The highest BCUT2D eigenvalue weighted by Gasteiger charge is 2.48. The molecule has 0 unspecified atom stereocenters. The van der Waals surface area contributed by atoms with E-state index in [1.54, 1.807) is 18.3 Å². The molecule has 1 saturated carbocycles. The van der Waals surface area contributed by atoms with Crippen LogP contribution in [0.25, 0.3) is 0 Å². The maximum atomic E-state index is 12.6. The van der Waals surface area contributed by atoms with Gasteiger partial charge >= 0.3 is 12.3 Å². The average Bonchev–Trinajstić information content (AvgIpc) is 3.04. The number of carbonyl (C=O) groups excluding carboxylic acids is 1. The number of nitrogens with one attached hydrogen (secondary N) is 1. The molecule has 1 N–H and O–H groups in total. The Hall–Kier alpha value is -2.91. The van der Waals surface area contributed by atoms with Crippen LogP contribution < -0.4 is 10.2 Å².